The molecular formula is C16H14ClN3O3. The third kappa shape index (κ3) is 3.12. The second-order valence-corrected chi connectivity index (χ2v) is 5.43. The summed E-state index contributed by atoms with van der Waals surface area (Å²) in [4.78, 5) is 16.1. The number of hydrogen-bond acceptors (Lipinski definition) is 5. The van der Waals surface area contributed by atoms with Crippen LogP contribution in [0.5, 0.6) is 5.75 Å². The summed E-state index contributed by atoms with van der Waals surface area (Å²) in [6, 6.07) is 6.31. The van der Waals surface area contributed by atoms with Crippen molar-refractivity contribution >= 4 is 11.6 Å². The van der Waals surface area contributed by atoms with Gasteiger partial charge in [0.2, 0.25) is 0 Å². The number of hydrogen-bond donors (Lipinski definition) is 0. The second kappa shape index (κ2) is 6.26. The van der Waals surface area contributed by atoms with Gasteiger partial charge in [0.05, 0.1) is 19.3 Å². The van der Waals surface area contributed by atoms with Gasteiger partial charge in [-0.3, -0.25) is 9.78 Å². The first kappa shape index (κ1) is 15.3. The summed E-state index contributed by atoms with van der Waals surface area (Å²) in [7, 11) is 1.57. The summed E-state index contributed by atoms with van der Waals surface area (Å²) in [5, 5.41) is 4.45. The molecule has 6 nitrogen and oxygen atoms in total. The third-order valence-corrected chi connectivity index (χ3v) is 3.75. The summed E-state index contributed by atoms with van der Waals surface area (Å²) >= 11 is 5.81. The van der Waals surface area contributed by atoms with Crippen LogP contribution in [0.3, 0.4) is 0 Å². The van der Waals surface area contributed by atoms with Gasteiger partial charge in [0, 0.05) is 35.1 Å². The van der Waals surface area contributed by atoms with E-state index in [-0.39, 0.29) is 11.6 Å². The van der Waals surface area contributed by atoms with E-state index in [2.05, 4.69) is 10.1 Å². The number of rotatable bonds is 4. The van der Waals surface area contributed by atoms with Gasteiger partial charge in [-0.2, -0.15) is 0 Å². The van der Waals surface area contributed by atoms with E-state index in [9.17, 15) is 4.79 Å². The third-order valence-electron chi connectivity index (χ3n) is 3.51. The molecule has 118 valence electrons. The fourth-order valence-corrected chi connectivity index (χ4v) is 2.37. The molecule has 0 saturated heterocycles. The zero-order valence-electron chi connectivity index (χ0n) is 12.6. The molecule has 3 rings (SSSR count). The van der Waals surface area contributed by atoms with Crippen LogP contribution in [0.25, 0.3) is 11.3 Å². The molecule has 1 unspecified atom stereocenters. The van der Waals surface area contributed by atoms with Crippen LogP contribution < -0.4 is 10.3 Å². The largest absolute Gasteiger partial charge is 0.495 e. The number of methoxy groups -OCH3 is 1. The highest BCUT2D eigenvalue weighted by Gasteiger charge is 2.16. The standard InChI is InChI=1S/C16H14ClN3O3/c1-10(20-4-3-12(17)6-16(20)21)15-7-14(19-23-15)11-5-13(22-2)9-18-8-11/h3-10H,1-2H3. The van der Waals surface area contributed by atoms with Gasteiger partial charge in [0.15, 0.2) is 5.76 Å². The van der Waals surface area contributed by atoms with Gasteiger partial charge in [-0.05, 0) is 19.1 Å². The van der Waals surface area contributed by atoms with Crippen molar-refractivity contribution in [1.82, 2.24) is 14.7 Å². The molecule has 0 spiro atoms. The lowest BCUT2D eigenvalue weighted by Gasteiger charge is -2.11. The Morgan fingerprint density at radius 1 is 1.30 bits per heavy atom. The molecule has 0 fully saturated rings. The van der Waals surface area contributed by atoms with Crippen molar-refractivity contribution in [2.24, 2.45) is 0 Å². The quantitative estimate of drug-likeness (QED) is 0.734. The average Bonchev–Trinajstić information content (AvgIpc) is 3.04. The van der Waals surface area contributed by atoms with E-state index in [4.69, 9.17) is 20.9 Å². The van der Waals surface area contributed by atoms with Crippen molar-refractivity contribution in [1.29, 1.82) is 0 Å². The molecule has 0 N–H and O–H groups in total. The molecule has 0 aromatic carbocycles. The predicted octanol–water partition coefficient (Wildman–Crippen LogP) is 3.17. The van der Waals surface area contributed by atoms with Crippen molar-refractivity contribution in [2.75, 3.05) is 7.11 Å². The normalized spacial score (nSPS) is 12.1. The molecule has 0 saturated carbocycles. The predicted molar refractivity (Wildman–Crippen MR) is 85.8 cm³/mol. The van der Waals surface area contributed by atoms with E-state index in [1.54, 1.807) is 37.8 Å². The maximum absolute atomic E-state index is 12.0. The van der Waals surface area contributed by atoms with Crippen LogP contribution in [0, 0.1) is 0 Å². The maximum Gasteiger partial charge on any atom is 0.252 e. The van der Waals surface area contributed by atoms with Crippen LogP contribution in [-0.2, 0) is 0 Å². The number of nitrogens with zero attached hydrogens (tertiary/aromatic N) is 3. The summed E-state index contributed by atoms with van der Waals surface area (Å²) < 4.78 is 12.1. The summed E-state index contributed by atoms with van der Waals surface area (Å²) in [5.41, 5.74) is 1.20. The molecule has 7 heteroatoms. The smallest absolute Gasteiger partial charge is 0.252 e. The van der Waals surface area contributed by atoms with Crippen molar-refractivity contribution in [2.45, 2.75) is 13.0 Å². The Kier molecular flexibility index (Phi) is 4.16. The van der Waals surface area contributed by atoms with E-state index in [0.717, 1.165) is 5.56 Å². The second-order valence-electron chi connectivity index (χ2n) is 4.99. The van der Waals surface area contributed by atoms with Gasteiger partial charge in [0.25, 0.3) is 5.56 Å². The first-order chi connectivity index (χ1) is 11.1. The Bertz CT molecular complexity index is 888. The van der Waals surface area contributed by atoms with Crippen LogP contribution >= 0.6 is 11.6 Å². The molecule has 3 heterocycles. The number of pyridine rings is 2. The monoisotopic (exact) mass is 331 g/mol. The highest BCUT2D eigenvalue weighted by atomic mass is 35.5. The van der Waals surface area contributed by atoms with Crippen LogP contribution in [0.4, 0.5) is 0 Å². The first-order valence-corrected chi connectivity index (χ1v) is 7.30. The lowest BCUT2D eigenvalue weighted by atomic mass is 10.1. The van der Waals surface area contributed by atoms with Gasteiger partial charge in [-0.1, -0.05) is 16.8 Å². The molecule has 3 aromatic heterocycles. The minimum Gasteiger partial charge on any atom is -0.495 e. The first-order valence-electron chi connectivity index (χ1n) is 6.92. The summed E-state index contributed by atoms with van der Waals surface area (Å²) in [6.45, 7) is 1.85. The Balaban J connectivity index is 1.93. The molecule has 0 aliphatic heterocycles. The van der Waals surface area contributed by atoms with Crippen molar-refractivity contribution < 1.29 is 9.26 Å². The Morgan fingerprint density at radius 3 is 2.87 bits per heavy atom. The SMILES string of the molecule is COc1cncc(-c2cc(C(C)n3ccc(Cl)cc3=O)on2)c1. The Morgan fingerprint density at radius 2 is 2.13 bits per heavy atom. The van der Waals surface area contributed by atoms with E-state index in [1.807, 2.05) is 13.0 Å². The minimum atomic E-state index is -0.306. The Hall–Kier alpha value is -2.60. The number of halogens is 1. The van der Waals surface area contributed by atoms with E-state index in [0.29, 0.717) is 22.2 Å². The average molecular weight is 332 g/mol. The zero-order chi connectivity index (χ0) is 16.4. The van der Waals surface area contributed by atoms with E-state index >= 15 is 0 Å². The zero-order valence-corrected chi connectivity index (χ0v) is 13.3. The molecule has 0 aliphatic rings. The fraction of sp³-hybridized carbons (Fsp3) is 0.188. The highest BCUT2D eigenvalue weighted by Crippen LogP contribution is 2.25. The molecule has 0 bridgehead atoms. The van der Waals surface area contributed by atoms with Gasteiger partial charge in [-0.25, -0.2) is 0 Å². The molecule has 3 aromatic rings. The van der Waals surface area contributed by atoms with Crippen molar-refractivity contribution in [3.8, 4) is 17.0 Å². The van der Waals surface area contributed by atoms with Crippen molar-refractivity contribution in [3.63, 3.8) is 0 Å². The van der Waals surface area contributed by atoms with Gasteiger partial charge in [-0.15, -0.1) is 0 Å². The number of aromatic nitrogens is 3. The van der Waals surface area contributed by atoms with E-state index < -0.39 is 0 Å². The minimum absolute atomic E-state index is 0.203. The topological polar surface area (TPSA) is 70.2 Å². The fourth-order valence-electron chi connectivity index (χ4n) is 2.22. The molecule has 0 amide bonds. The highest BCUT2D eigenvalue weighted by molar-refractivity contribution is 6.30. The lowest BCUT2D eigenvalue weighted by molar-refractivity contribution is 0.351. The maximum atomic E-state index is 12.0. The van der Waals surface area contributed by atoms with Crippen LogP contribution in [0.15, 0.2) is 52.2 Å². The van der Waals surface area contributed by atoms with Crippen LogP contribution in [-0.4, -0.2) is 21.8 Å². The van der Waals surface area contributed by atoms with Gasteiger partial charge >= 0.3 is 0 Å². The molecule has 1 atom stereocenters. The summed E-state index contributed by atoms with van der Waals surface area (Å²) in [6.07, 6.45) is 4.91. The van der Waals surface area contributed by atoms with Crippen LogP contribution in [0.1, 0.15) is 18.7 Å². The van der Waals surface area contributed by atoms with Gasteiger partial charge < -0.3 is 13.8 Å². The van der Waals surface area contributed by atoms with Crippen molar-refractivity contribution in [3.05, 3.63) is 64.0 Å². The Labute approximate surface area is 137 Å². The summed E-state index contributed by atoms with van der Waals surface area (Å²) in [5.74, 6) is 1.20. The van der Waals surface area contributed by atoms with Crippen LogP contribution in [0.2, 0.25) is 5.02 Å². The lowest BCUT2D eigenvalue weighted by Crippen LogP contribution is -2.22. The van der Waals surface area contributed by atoms with E-state index in [1.165, 1.54) is 10.6 Å². The molecular weight excluding hydrogens is 318 g/mol. The van der Waals surface area contributed by atoms with Gasteiger partial charge in [0.1, 0.15) is 11.4 Å². The molecule has 0 radical (unpaired) electrons. The molecule has 0 aliphatic carbocycles. The number of ether oxygens (including phenoxy) is 1. The molecule has 23 heavy (non-hydrogen) atoms.